The zero-order valence-corrected chi connectivity index (χ0v) is 11.7. The van der Waals surface area contributed by atoms with Crippen molar-refractivity contribution in [2.45, 2.75) is 6.42 Å². The van der Waals surface area contributed by atoms with Gasteiger partial charge in [-0.05, 0) is 23.8 Å². The molecule has 104 valence electrons. The van der Waals surface area contributed by atoms with Crippen molar-refractivity contribution < 1.29 is 9.53 Å². The lowest BCUT2D eigenvalue weighted by Crippen LogP contribution is -2.28. The van der Waals surface area contributed by atoms with Gasteiger partial charge in [0.25, 0.3) is 0 Å². The molecule has 4 heteroatoms. The average Bonchev–Trinajstić information content (AvgIpc) is 2.48. The smallest absolute Gasteiger partial charge is 0.231 e. The van der Waals surface area contributed by atoms with Crippen molar-refractivity contribution in [1.82, 2.24) is 0 Å². The van der Waals surface area contributed by atoms with Gasteiger partial charge in [0.1, 0.15) is 5.75 Å². The molecule has 1 amide bonds. The molecule has 0 bridgehead atoms. The molecule has 0 spiro atoms. The number of anilines is 2. The van der Waals surface area contributed by atoms with Crippen LogP contribution in [0.25, 0.3) is 0 Å². The second kappa shape index (κ2) is 6.10. The van der Waals surface area contributed by atoms with Crippen LogP contribution in [-0.4, -0.2) is 20.1 Å². The zero-order chi connectivity index (χ0) is 14.5. The van der Waals surface area contributed by atoms with Crippen LogP contribution in [0.15, 0.2) is 48.5 Å². The molecule has 4 nitrogen and oxygen atoms in total. The molecule has 2 aromatic carbocycles. The molecule has 0 saturated heterocycles. The molecule has 20 heavy (non-hydrogen) atoms. The molecule has 2 aromatic rings. The predicted molar refractivity (Wildman–Crippen MR) is 81.0 cm³/mol. The van der Waals surface area contributed by atoms with Gasteiger partial charge in [-0.3, -0.25) is 4.79 Å². The second-order valence-corrected chi connectivity index (χ2v) is 4.50. The number of amides is 1. The number of carbonyl (C=O) groups excluding carboxylic acids is 1. The standard InChI is InChI=1S/C16H18N2O2/c1-18(14-9-5-6-10-15(14)20-2)16(19)11-12-7-3-4-8-13(12)17/h3-10H,11,17H2,1-2H3. The lowest BCUT2D eigenvalue weighted by molar-refractivity contribution is -0.117. The Kier molecular flexibility index (Phi) is 4.25. The van der Waals surface area contributed by atoms with E-state index in [0.717, 1.165) is 11.3 Å². The van der Waals surface area contributed by atoms with Crippen LogP contribution in [0.3, 0.4) is 0 Å². The van der Waals surface area contributed by atoms with Crippen LogP contribution in [-0.2, 0) is 11.2 Å². The van der Waals surface area contributed by atoms with Crippen LogP contribution < -0.4 is 15.4 Å². The monoisotopic (exact) mass is 270 g/mol. The Balaban J connectivity index is 2.19. The molecule has 0 unspecified atom stereocenters. The van der Waals surface area contributed by atoms with E-state index in [-0.39, 0.29) is 12.3 Å². The normalized spacial score (nSPS) is 10.1. The Morgan fingerprint density at radius 1 is 1.15 bits per heavy atom. The number of nitrogens with zero attached hydrogens (tertiary/aromatic N) is 1. The number of ether oxygens (including phenoxy) is 1. The number of nitrogens with two attached hydrogens (primary N) is 1. The first-order chi connectivity index (χ1) is 9.63. The van der Waals surface area contributed by atoms with Gasteiger partial charge in [0.05, 0.1) is 19.2 Å². The van der Waals surface area contributed by atoms with E-state index in [1.54, 1.807) is 25.1 Å². The number of methoxy groups -OCH3 is 1. The third-order valence-corrected chi connectivity index (χ3v) is 3.22. The fourth-order valence-corrected chi connectivity index (χ4v) is 2.02. The first-order valence-electron chi connectivity index (χ1n) is 6.36. The molecule has 0 atom stereocenters. The molecular formula is C16H18N2O2. The van der Waals surface area contributed by atoms with E-state index in [1.807, 2.05) is 42.5 Å². The Morgan fingerprint density at radius 3 is 2.50 bits per heavy atom. The van der Waals surface area contributed by atoms with E-state index < -0.39 is 0 Å². The van der Waals surface area contributed by atoms with Crippen molar-refractivity contribution in [3.05, 3.63) is 54.1 Å². The third kappa shape index (κ3) is 2.91. The van der Waals surface area contributed by atoms with Crippen molar-refractivity contribution >= 4 is 17.3 Å². The van der Waals surface area contributed by atoms with Crippen LogP contribution in [0.1, 0.15) is 5.56 Å². The number of hydrogen-bond acceptors (Lipinski definition) is 3. The SMILES string of the molecule is COc1ccccc1N(C)C(=O)Cc1ccccc1N. The molecule has 0 aromatic heterocycles. The molecule has 0 aliphatic rings. The van der Waals surface area contributed by atoms with E-state index in [1.165, 1.54) is 0 Å². The van der Waals surface area contributed by atoms with E-state index in [9.17, 15) is 4.79 Å². The summed E-state index contributed by atoms with van der Waals surface area (Å²) in [6.07, 6.45) is 0.265. The van der Waals surface area contributed by atoms with E-state index in [2.05, 4.69) is 0 Å². The number of likely N-dealkylation sites (N-methyl/N-ethyl adjacent to an activating group) is 1. The van der Waals surface area contributed by atoms with Gasteiger partial charge < -0.3 is 15.4 Å². The minimum atomic E-state index is -0.0348. The fourth-order valence-electron chi connectivity index (χ4n) is 2.02. The molecular weight excluding hydrogens is 252 g/mol. The third-order valence-electron chi connectivity index (χ3n) is 3.22. The van der Waals surface area contributed by atoms with Crippen molar-refractivity contribution in [2.24, 2.45) is 0 Å². The van der Waals surface area contributed by atoms with Gasteiger partial charge in [0.2, 0.25) is 5.91 Å². The van der Waals surface area contributed by atoms with E-state index >= 15 is 0 Å². The number of rotatable bonds is 4. The molecule has 0 heterocycles. The van der Waals surface area contributed by atoms with Crippen molar-refractivity contribution in [3.8, 4) is 5.75 Å². The number of benzene rings is 2. The molecule has 2 N–H and O–H groups in total. The van der Waals surface area contributed by atoms with Crippen LogP contribution in [0.5, 0.6) is 5.75 Å². The number of para-hydroxylation sites is 3. The summed E-state index contributed by atoms with van der Waals surface area (Å²) in [6.45, 7) is 0. The summed E-state index contributed by atoms with van der Waals surface area (Å²) in [6, 6.07) is 14.8. The predicted octanol–water partition coefficient (Wildman–Crippen LogP) is 2.48. The summed E-state index contributed by atoms with van der Waals surface area (Å²) >= 11 is 0. The van der Waals surface area contributed by atoms with Gasteiger partial charge in [-0.15, -0.1) is 0 Å². The van der Waals surface area contributed by atoms with Crippen molar-refractivity contribution in [3.63, 3.8) is 0 Å². The topological polar surface area (TPSA) is 55.6 Å². The second-order valence-electron chi connectivity index (χ2n) is 4.50. The molecule has 0 aliphatic heterocycles. The minimum Gasteiger partial charge on any atom is -0.495 e. The maximum Gasteiger partial charge on any atom is 0.231 e. The van der Waals surface area contributed by atoms with Gasteiger partial charge in [-0.2, -0.15) is 0 Å². The molecule has 0 radical (unpaired) electrons. The first-order valence-corrected chi connectivity index (χ1v) is 6.36. The Morgan fingerprint density at radius 2 is 1.80 bits per heavy atom. The summed E-state index contributed by atoms with van der Waals surface area (Å²) in [5, 5.41) is 0. The summed E-state index contributed by atoms with van der Waals surface area (Å²) in [4.78, 5) is 13.9. The highest BCUT2D eigenvalue weighted by molar-refractivity contribution is 5.96. The van der Waals surface area contributed by atoms with Crippen LogP contribution in [0, 0.1) is 0 Å². The van der Waals surface area contributed by atoms with Crippen LogP contribution in [0.2, 0.25) is 0 Å². The zero-order valence-electron chi connectivity index (χ0n) is 11.7. The molecule has 2 rings (SSSR count). The number of nitrogen functional groups attached to an aromatic ring is 1. The van der Waals surface area contributed by atoms with Gasteiger partial charge >= 0.3 is 0 Å². The summed E-state index contributed by atoms with van der Waals surface area (Å²) < 4.78 is 5.27. The maximum absolute atomic E-state index is 12.3. The Bertz CT molecular complexity index is 611. The van der Waals surface area contributed by atoms with Gasteiger partial charge in [-0.25, -0.2) is 0 Å². The lowest BCUT2D eigenvalue weighted by Gasteiger charge is -2.20. The van der Waals surface area contributed by atoms with Crippen molar-refractivity contribution in [2.75, 3.05) is 24.8 Å². The first kappa shape index (κ1) is 13.9. The van der Waals surface area contributed by atoms with Crippen LogP contribution in [0.4, 0.5) is 11.4 Å². The van der Waals surface area contributed by atoms with Gasteiger partial charge in [0.15, 0.2) is 0 Å². The summed E-state index contributed by atoms with van der Waals surface area (Å²) in [7, 11) is 3.33. The van der Waals surface area contributed by atoms with Gasteiger partial charge in [0, 0.05) is 12.7 Å². The average molecular weight is 270 g/mol. The molecule has 0 saturated carbocycles. The van der Waals surface area contributed by atoms with Gasteiger partial charge in [-0.1, -0.05) is 30.3 Å². The lowest BCUT2D eigenvalue weighted by atomic mass is 10.1. The summed E-state index contributed by atoms with van der Waals surface area (Å²) in [5.41, 5.74) is 8.08. The number of carbonyl (C=O) groups is 1. The number of hydrogen-bond donors (Lipinski definition) is 1. The van der Waals surface area contributed by atoms with Crippen molar-refractivity contribution in [1.29, 1.82) is 0 Å². The highest BCUT2D eigenvalue weighted by atomic mass is 16.5. The molecule has 0 fully saturated rings. The minimum absolute atomic E-state index is 0.0348. The Hall–Kier alpha value is -2.49. The fraction of sp³-hybridized carbons (Fsp3) is 0.188. The maximum atomic E-state index is 12.3. The highest BCUT2D eigenvalue weighted by Gasteiger charge is 2.15. The van der Waals surface area contributed by atoms with Crippen LogP contribution >= 0.6 is 0 Å². The Labute approximate surface area is 118 Å². The molecule has 0 aliphatic carbocycles. The quantitative estimate of drug-likeness (QED) is 0.868. The highest BCUT2D eigenvalue weighted by Crippen LogP contribution is 2.27. The van der Waals surface area contributed by atoms with E-state index in [4.69, 9.17) is 10.5 Å². The van der Waals surface area contributed by atoms with E-state index in [0.29, 0.717) is 11.4 Å². The summed E-state index contributed by atoms with van der Waals surface area (Å²) in [5.74, 6) is 0.636. The largest absolute Gasteiger partial charge is 0.495 e.